The van der Waals surface area contributed by atoms with E-state index in [0.29, 0.717) is 6.04 Å². The summed E-state index contributed by atoms with van der Waals surface area (Å²) >= 11 is 1.82. The van der Waals surface area contributed by atoms with E-state index in [2.05, 4.69) is 28.7 Å². The molecule has 3 nitrogen and oxygen atoms in total. The molecule has 0 saturated carbocycles. The van der Waals surface area contributed by atoms with E-state index >= 15 is 0 Å². The molecule has 0 aliphatic carbocycles. The van der Waals surface area contributed by atoms with E-state index in [4.69, 9.17) is 0 Å². The van der Waals surface area contributed by atoms with Gasteiger partial charge < -0.3 is 5.32 Å². The quantitative estimate of drug-likeness (QED) is 0.770. The number of nitrogens with zero attached hydrogens (tertiary/aromatic N) is 2. The number of thioether (sulfide) groups is 1. The van der Waals surface area contributed by atoms with Crippen molar-refractivity contribution in [1.29, 1.82) is 0 Å². The second-order valence-electron chi connectivity index (χ2n) is 2.61. The molecule has 0 amide bonds. The molecule has 1 heterocycles. The molecule has 1 aromatic heterocycles. The van der Waals surface area contributed by atoms with Crippen molar-refractivity contribution in [3.05, 3.63) is 18.3 Å². The third kappa shape index (κ3) is 3.09. The first-order chi connectivity index (χ1) is 5.83. The number of rotatable bonds is 4. The lowest BCUT2D eigenvalue weighted by Crippen LogP contribution is -2.18. The molecule has 0 aliphatic rings. The van der Waals surface area contributed by atoms with Gasteiger partial charge in [0.15, 0.2) is 0 Å². The number of aromatic nitrogens is 2. The Morgan fingerprint density at radius 1 is 1.67 bits per heavy atom. The molecular weight excluding hydrogens is 170 g/mol. The van der Waals surface area contributed by atoms with Crippen LogP contribution < -0.4 is 5.32 Å². The number of anilines is 1. The molecule has 4 heteroatoms. The number of hydrogen-bond acceptors (Lipinski definition) is 4. The Morgan fingerprint density at radius 3 is 3.08 bits per heavy atom. The highest BCUT2D eigenvalue weighted by molar-refractivity contribution is 7.98. The molecule has 1 atom stereocenters. The zero-order chi connectivity index (χ0) is 8.81. The summed E-state index contributed by atoms with van der Waals surface area (Å²) in [4.78, 5) is 0. The summed E-state index contributed by atoms with van der Waals surface area (Å²) < 4.78 is 0. The van der Waals surface area contributed by atoms with Crippen molar-refractivity contribution in [3.63, 3.8) is 0 Å². The highest BCUT2D eigenvalue weighted by Crippen LogP contribution is 2.04. The van der Waals surface area contributed by atoms with Crippen molar-refractivity contribution in [3.8, 4) is 0 Å². The molecular formula is C8H13N3S. The van der Waals surface area contributed by atoms with Gasteiger partial charge >= 0.3 is 0 Å². The normalized spacial score (nSPS) is 12.5. The third-order valence-corrected chi connectivity index (χ3v) is 2.22. The predicted molar refractivity (Wildman–Crippen MR) is 53.5 cm³/mol. The van der Waals surface area contributed by atoms with Crippen LogP contribution in [-0.2, 0) is 0 Å². The van der Waals surface area contributed by atoms with Gasteiger partial charge in [-0.15, -0.1) is 5.10 Å². The second-order valence-corrected chi connectivity index (χ2v) is 3.52. The summed E-state index contributed by atoms with van der Waals surface area (Å²) in [5.41, 5.74) is 0. The molecule has 0 saturated heterocycles. The van der Waals surface area contributed by atoms with Crippen LogP contribution in [-0.4, -0.2) is 28.2 Å². The predicted octanol–water partition coefficient (Wildman–Crippen LogP) is 1.64. The van der Waals surface area contributed by atoms with Crippen LogP contribution in [0.3, 0.4) is 0 Å². The number of nitrogens with one attached hydrogen (secondary N) is 1. The average molecular weight is 183 g/mol. The van der Waals surface area contributed by atoms with Crippen molar-refractivity contribution in [2.24, 2.45) is 0 Å². The minimum atomic E-state index is 0.441. The summed E-state index contributed by atoms with van der Waals surface area (Å²) in [7, 11) is 0. The van der Waals surface area contributed by atoms with E-state index in [9.17, 15) is 0 Å². The molecule has 1 N–H and O–H groups in total. The first kappa shape index (κ1) is 9.32. The van der Waals surface area contributed by atoms with Crippen LogP contribution in [0.1, 0.15) is 6.92 Å². The monoisotopic (exact) mass is 183 g/mol. The molecule has 1 unspecified atom stereocenters. The Kier molecular flexibility index (Phi) is 3.87. The maximum atomic E-state index is 3.93. The van der Waals surface area contributed by atoms with Crippen molar-refractivity contribution in [1.82, 2.24) is 10.2 Å². The van der Waals surface area contributed by atoms with Crippen LogP contribution in [0.2, 0.25) is 0 Å². The van der Waals surface area contributed by atoms with Crippen LogP contribution in [0.15, 0.2) is 18.3 Å². The summed E-state index contributed by atoms with van der Waals surface area (Å²) in [5, 5.41) is 11.0. The zero-order valence-electron chi connectivity index (χ0n) is 7.32. The highest BCUT2D eigenvalue weighted by Gasteiger charge is 2.00. The molecule has 0 spiro atoms. The van der Waals surface area contributed by atoms with Gasteiger partial charge in [0.25, 0.3) is 0 Å². The van der Waals surface area contributed by atoms with Crippen LogP contribution >= 0.6 is 11.8 Å². The van der Waals surface area contributed by atoms with Crippen molar-refractivity contribution >= 4 is 17.6 Å². The maximum Gasteiger partial charge on any atom is 0.148 e. The SMILES string of the molecule is CSCC(C)Nc1cccnn1. The molecule has 1 rings (SSSR count). The van der Waals surface area contributed by atoms with E-state index in [-0.39, 0.29) is 0 Å². The van der Waals surface area contributed by atoms with E-state index in [1.54, 1.807) is 6.20 Å². The van der Waals surface area contributed by atoms with E-state index in [1.165, 1.54) is 0 Å². The number of hydrogen-bond donors (Lipinski definition) is 1. The first-order valence-corrected chi connectivity index (χ1v) is 5.25. The Balaban J connectivity index is 2.41. The molecule has 66 valence electrons. The maximum absolute atomic E-state index is 3.93. The van der Waals surface area contributed by atoms with Gasteiger partial charge in [-0.3, -0.25) is 0 Å². The van der Waals surface area contributed by atoms with Crippen molar-refractivity contribution < 1.29 is 0 Å². The summed E-state index contributed by atoms with van der Waals surface area (Å²) in [6.45, 7) is 2.13. The van der Waals surface area contributed by atoms with Crippen molar-refractivity contribution in [2.45, 2.75) is 13.0 Å². The third-order valence-electron chi connectivity index (χ3n) is 1.38. The molecule has 0 bridgehead atoms. The Labute approximate surface area is 77.0 Å². The average Bonchev–Trinajstić information content (AvgIpc) is 2.06. The fraction of sp³-hybridized carbons (Fsp3) is 0.500. The zero-order valence-corrected chi connectivity index (χ0v) is 8.14. The fourth-order valence-corrected chi connectivity index (χ4v) is 1.51. The molecule has 0 aliphatic heterocycles. The Morgan fingerprint density at radius 2 is 2.50 bits per heavy atom. The topological polar surface area (TPSA) is 37.8 Å². The second kappa shape index (κ2) is 4.98. The van der Waals surface area contributed by atoms with E-state index < -0.39 is 0 Å². The molecule has 12 heavy (non-hydrogen) atoms. The van der Waals surface area contributed by atoms with Gasteiger partial charge in [0, 0.05) is 18.0 Å². The fourth-order valence-electron chi connectivity index (χ4n) is 0.923. The van der Waals surface area contributed by atoms with Gasteiger partial charge in [0.1, 0.15) is 5.82 Å². The lowest BCUT2D eigenvalue weighted by molar-refractivity contribution is 0.885. The molecule has 0 radical (unpaired) electrons. The Hall–Kier alpha value is -0.770. The van der Waals surface area contributed by atoms with Crippen LogP contribution in [0.25, 0.3) is 0 Å². The lowest BCUT2D eigenvalue weighted by atomic mass is 10.4. The highest BCUT2D eigenvalue weighted by atomic mass is 32.2. The van der Waals surface area contributed by atoms with Gasteiger partial charge in [0.2, 0.25) is 0 Å². The smallest absolute Gasteiger partial charge is 0.148 e. The molecule has 0 fully saturated rings. The van der Waals surface area contributed by atoms with Gasteiger partial charge in [-0.1, -0.05) is 0 Å². The Bertz CT molecular complexity index is 215. The van der Waals surface area contributed by atoms with Crippen LogP contribution in [0.4, 0.5) is 5.82 Å². The summed E-state index contributed by atoms with van der Waals surface area (Å²) in [6.07, 6.45) is 3.76. The van der Waals surface area contributed by atoms with Crippen LogP contribution in [0, 0.1) is 0 Å². The van der Waals surface area contributed by atoms with E-state index in [0.717, 1.165) is 11.6 Å². The summed E-state index contributed by atoms with van der Waals surface area (Å²) in [5.74, 6) is 1.93. The van der Waals surface area contributed by atoms with Crippen molar-refractivity contribution in [2.75, 3.05) is 17.3 Å². The standard InChI is InChI=1S/C8H13N3S/c1-7(6-12-2)10-8-4-3-5-9-11-8/h3-5,7H,6H2,1-2H3,(H,10,11). The lowest BCUT2D eigenvalue weighted by Gasteiger charge is -2.11. The first-order valence-electron chi connectivity index (χ1n) is 3.86. The van der Waals surface area contributed by atoms with Crippen LogP contribution in [0.5, 0.6) is 0 Å². The van der Waals surface area contributed by atoms with Gasteiger partial charge in [-0.25, -0.2) is 0 Å². The minimum absolute atomic E-state index is 0.441. The van der Waals surface area contributed by atoms with Gasteiger partial charge in [-0.05, 0) is 25.3 Å². The van der Waals surface area contributed by atoms with Gasteiger partial charge in [-0.2, -0.15) is 16.9 Å². The minimum Gasteiger partial charge on any atom is -0.365 e. The van der Waals surface area contributed by atoms with E-state index in [1.807, 2.05) is 23.9 Å². The molecule has 1 aromatic rings. The molecule has 0 aromatic carbocycles. The summed E-state index contributed by atoms with van der Waals surface area (Å²) in [6, 6.07) is 4.24. The largest absolute Gasteiger partial charge is 0.365 e. The van der Waals surface area contributed by atoms with Gasteiger partial charge in [0.05, 0.1) is 0 Å².